The van der Waals surface area contributed by atoms with E-state index in [4.69, 9.17) is 0 Å². The molecule has 66 valence electrons. The summed E-state index contributed by atoms with van der Waals surface area (Å²) in [6, 6.07) is 0. The summed E-state index contributed by atoms with van der Waals surface area (Å²) in [5, 5.41) is 3.35. The van der Waals surface area contributed by atoms with Crippen molar-refractivity contribution in [3.63, 3.8) is 0 Å². The molecule has 1 fully saturated rings. The first-order valence-electron chi connectivity index (χ1n) is 4.45. The first-order valence-corrected chi connectivity index (χ1v) is 4.45. The zero-order valence-corrected chi connectivity index (χ0v) is 7.98. The normalized spacial score (nSPS) is 24.7. The monoisotopic (exact) mass is 163 g/mol. The molecule has 0 radical (unpaired) electrons. The van der Waals surface area contributed by atoms with Crippen LogP contribution in [0.15, 0.2) is 35.5 Å². The molecule has 0 unspecified atom stereocenters. The van der Waals surface area contributed by atoms with Gasteiger partial charge in [0.2, 0.25) is 0 Å². The van der Waals surface area contributed by atoms with Crippen molar-refractivity contribution in [1.29, 1.82) is 0 Å². The molecule has 0 atom stereocenters. The van der Waals surface area contributed by atoms with Crippen LogP contribution in [-0.2, 0) is 0 Å². The van der Waals surface area contributed by atoms with Crippen molar-refractivity contribution in [1.82, 2.24) is 5.32 Å². The first-order chi connectivity index (χ1) is 5.79. The summed E-state index contributed by atoms with van der Waals surface area (Å²) in [6.07, 6.45) is 5.17. The first kappa shape index (κ1) is 9.27. The van der Waals surface area contributed by atoms with Crippen molar-refractivity contribution < 1.29 is 0 Å². The second kappa shape index (κ2) is 4.27. The van der Waals surface area contributed by atoms with E-state index in [0.717, 1.165) is 19.5 Å². The fourth-order valence-electron chi connectivity index (χ4n) is 1.58. The van der Waals surface area contributed by atoms with Gasteiger partial charge in [-0.2, -0.15) is 0 Å². The minimum Gasteiger partial charge on any atom is -0.309 e. The molecule has 0 aliphatic carbocycles. The van der Waals surface area contributed by atoms with Crippen molar-refractivity contribution in [2.45, 2.75) is 20.3 Å². The van der Waals surface area contributed by atoms with Gasteiger partial charge in [0, 0.05) is 13.1 Å². The van der Waals surface area contributed by atoms with Crippen molar-refractivity contribution in [3.8, 4) is 0 Å². The van der Waals surface area contributed by atoms with Crippen molar-refractivity contribution in [3.05, 3.63) is 35.5 Å². The standard InChI is InChI=1S/C11H17N/c1-4-6-9(3)11-8-12-7-10(11)5-2/h4-5,12H,1,6-8H2,2-3H3. The van der Waals surface area contributed by atoms with Crippen LogP contribution in [0.3, 0.4) is 0 Å². The van der Waals surface area contributed by atoms with Gasteiger partial charge in [0.1, 0.15) is 0 Å². The van der Waals surface area contributed by atoms with Crippen molar-refractivity contribution in [2.75, 3.05) is 13.1 Å². The highest BCUT2D eigenvalue weighted by Crippen LogP contribution is 2.20. The third-order valence-electron chi connectivity index (χ3n) is 2.32. The topological polar surface area (TPSA) is 12.0 Å². The predicted octanol–water partition coefficient (Wildman–Crippen LogP) is 2.43. The van der Waals surface area contributed by atoms with Crippen LogP contribution >= 0.6 is 0 Å². The Morgan fingerprint density at radius 3 is 2.92 bits per heavy atom. The number of hydrogen-bond donors (Lipinski definition) is 1. The Hall–Kier alpha value is -0.820. The molecule has 1 heterocycles. The van der Waals surface area contributed by atoms with Gasteiger partial charge in [0.05, 0.1) is 0 Å². The van der Waals surface area contributed by atoms with Crippen LogP contribution in [0, 0.1) is 0 Å². The van der Waals surface area contributed by atoms with Gasteiger partial charge in [-0.3, -0.25) is 0 Å². The van der Waals surface area contributed by atoms with E-state index in [2.05, 4.69) is 31.8 Å². The lowest BCUT2D eigenvalue weighted by Crippen LogP contribution is -2.05. The Morgan fingerprint density at radius 2 is 2.33 bits per heavy atom. The van der Waals surface area contributed by atoms with E-state index in [9.17, 15) is 0 Å². The second-order valence-corrected chi connectivity index (χ2v) is 3.17. The maximum absolute atomic E-state index is 3.75. The van der Waals surface area contributed by atoms with Gasteiger partial charge in [-0.15, -0.1) is 6.58 Å². The van der Waals surface area contributed by atoms with Crippen molar-refractivity contribution in [2.24, 2.45) is 0 Å². The lowest BCUT2D eigenvalue weighted by molar-refractivity contribution is 0.890. The minimum absolute atomic E-state index is 1.01. The molecule has 1 nitrogen and oxygen atoms in total. The lowest BCUT2D eigenvalue weighted by atomic mass is 10.0. The lowest BCUT2D eigenvalue weighted by Gasteiger charge is -2.03. The molecule has 12 heavy (non-hydrogen) atoms. The smallest absolute Gasteiger partial charge is 0.0211 e. The van der Waals surface area contributed by atoms with Crippen LogP contribution in [0.4, 0.5) is 0 Å². The maximum atomic E-state index is 3.75. The zero-order chi connectivity index (χ0) is 8.97. The summed E-state index contributed by atoms with van der Waals surface area (Å²) in [6.45, 7) is 10.1. The molecule has 1 aliphatic rings. The van der Waals surface area contributed by atoms with E-state index in [1.165, 1.54) is 16.7 Å². The van der Waals surface area contributed by atoms with Gasteiger partial charge >= 0.3 is 0 Å². The molecule has 1 saturated heterocycles. The number of allylic oxidation sites excluding steroid dienone is 3. The molecular weight excluding hydrogens is 146 g/mol. The molecule has 0 bridgehead atoms. The van der Waals surface area contributed by atoms with E-state index < -0.39 is 0 Å². The van der Waals surface area contributed by atoms with E-state index in [0.29, 0.717) is 0 Å². The summed E-state index contributed by atoms with van der Waals surface area (Å²) in [5.74, 6) is 0. The Kier molecular flexibility index (Phi) is 3.30. The Balaban J connectivity index is 2.84. The molecule has 1 heteroatoms. The fraction of sp³-hybridized carbons (Fsp3) is 0.455. The summed E-state index contributed by atoms with van der Waals surface area (Å²) in [7, 11) is 0. The van der Waals surface area contributed by atoms with Crippen LogP contribution in [0.2, 0.25) is 0 Å². The molecule has 0 aromatic carbocycles. The molecule has 1 N–H and O–H groups in total. The van der Waals surface area contributed by atoms with Gasteiger partial charge in [0.15, 0.2) is 0 Å². The highest BCUT2D eigenvalue weighted by atomic mass is 14.9. The molecule has 0 aromatic rings. The Bertz CT molecular complexity index is 233. The van der Waals surface area contributed by atoms with Crippen LogP contribution in [0.5, 0.6) is 0 Å². The fourth-order valence-corrected chi connectivity index (χ4v) is 1.58. The van der Waals surface area contributed by atoms with Gasteiger partial charge in [0.25, 0.3) is 0 Å². The molecular formula is C11H17N. The van der Waals surface area contributed by atoms with Crippen LogP contribution in [0.25, 0.3) is 0 Å². The summed E-state index contributed by atoms with van der Waals surface area (Å²) >= 11 is 0. The summed E-state index contributed by atoms with van der Waals surface area (Å²) in [4.78, 5) is 0. The molecule has 0 amide bonds. The highest BCUT2D eigenvalue weighted by Gasteiger charge is 2.13. The third-order valence-corrected chi connectivity index (χ3v) is 2.32. The molecule has 0 spiro atoms. The largest absolute Gasteiger partial charge is 0.309 e. The highest BCUT2D eigenvalue weighted by molar-refractivity contribution is 5.40. The molecule has 0 saturated carbocycles. The van der Waals surface area contributed by atoms with Gasteiger partial charge in [-0.1, -0.05) is 17.7 Å². The van der Waals surface area contributed by atoms with E-state index in [1.54, 1.807) is 0 Å². The molecule has 1 rings (SSSR count). The molecule has 0 aromatic heterocycles. The average molecular weight is 163 g/mol. The zero-order valence-electron chi connectivity index (χ0n) is 7.98. The van der Waals surface area contributed by atoms with Crippen LogP contribution < -0.4 is 5.32 Å². The number of hydrogen-bond acceptors (Lipinski definition) is 1. The number of nitrogens with one attached hydrogen (secondary N) is 1. The van der Waals surface area contributed by atoms with Crippen molar-refractivity contribution >= 4 is 0 Å². The van der Waals surface area contributed by atoms with Gasteiger partial charge in [-0.05, 0) is 31.4 Å². The number of rotatable bonds is 2. The Labute approximate surface area is 74.9 Å². The average Bonchev–Trinajstić information content (AvgIpc) is 2.51. The third kappa shape index (κ3) is 1.86. The van der Waals surface area contributed by atoms with E-state index in [-0.39, 0.29) is 0 Å². The summed E-state index contributed by atoms with van der Waals surface area (Å²) < 4.78 is 0. The van der Waals surface area contributed by atoms with Gasteiger partial charge < -0.3 is 5.32 Å². The minimum atomic E-state index is 1.01. The molecule has 1 aliphatic heterocycles. The predicted molar refractivity (Wildman–Crippen MR) is 54.1 cm³/mol. The van der Waals surface area contributed by atoms with Crippen LogP contribution in [-0.4, -0.2) is 13.1 Å². The Morgan fingerprint density at radius 1 is 1.58 bits per heavy atom. The summed E-state index contributed by atoms with van der Waals surface area (Å²) in [5.41, 5.74) is 4.38. The second-order valence-electron chi connectivity index (χ2n) is 3.17. The van der Waals surface area contributed by atoms with Gasteiger partial charge in [-0.25, -0.2) is 0 Å². The maximum Gasteiger partial charge on any atom is 0.0211 e. The SMILES string of the molecule is C=CCC(C)=C1CNCC1=CC. The van der Waals surface area contributed by atoms with Crippen LogP contribution in [0.1, 0.15) is 20.3 Å². The van der Waals surface area contributed by atoms with E-state index >= 15 is 0 Å². The van der Waals surface area contributed by atoms with E-state index in [1.807, 2.05) is 6.08 Å². The quantitative estimate of drug-likeness (QED) is 0.616.